The van der Waals surface area contributed by atoms with Crippen LogP contribution in [-0.4, -0.2) is 41.3 Å². The van der Waals surface area contributed by atoms with E-state index in [0.29, 0.717) is 23.8 Å². The van der Waals surface area contributed by atoms with E-state index < -0.39 is 5.97 Å². The Morgan fingerprint density at radius 2 is 2.40 bits per heavy atom. The molecule has 0 bridgehead atoms. The molecule has 0 aliphatic carbocycles. The zero-order valence-electron chi connectivity index (χ0n) is 8.65. The molecule has 0 atom stereocenters. The van der Waals surface area contributed by atoms with Gasteiger partial charge in [0.05, 0.1) is 25.0 Å². The van der Waals surface area contributed by atoms with Crippen molar-refractivity contribution in [2.75, 3.05) is 25.6 Å². The van der Waals surface area contributed by atoms with Gasteiger partial charge in [-0.3, -0.25) is 0 Å². The molecule has 6 nitrogen and oxygen atoms in total. The first-order chi connectivity index (χ1) is 7.19. The molecule has 0 aliphatic rings. The molecule has 6 heteroatoms. The number of hydrogen-bond acceptors (Lipinski definition) is 6. The topological polar surface area (TPSA) is 84.3 Å². The summed E-state index contributed by atoms with van der Waals surface area (Å²) in [6.07, 6.45) is 1.40. The summed E-state index contributed by atoms with van der Waals surface area (Å²) in [6, 6.07) is 0. The fourth-order valence-corrected chi connectivity index (χ4v) is 1.03. The van der Waals surface area contributed by atoms with Gasteiger partial charge < -0.3 is 15.2 Å². The molecule has 15 heavy (non-hydrogen) atoms. The molecule has 1 rings (SSSR count). The normalized spacial score (nSPS) is 9.80. The molecular weight excluding hydrogens is 198 g/mol. The number of hydrogen-bond donors (Lipinski definition) is 2. The molecule has 0 aliphatic heterocycles. The maximum absolute atomic E-state index is 11.2. The van der Waals surface area contributed by atoms with Gasteiger partial charge >= 0.3 is 5.97 Å². The molecule has 0 aromatic carbocycles. The van der Waals surface area contributed by atoms with Gasteiger partial charge in [0, 0.05) is 12.7 Å². The molecule has 1 aromatic heterocycles. The molecule has 1 aromatic rings. The van der Waals surface area contributed by atoms with Crippen LogP contribution in [0.25, 0.3) is 0 Å². The minimum Gasteiger partial charge on any atom is -0.465 e. The van der Waals surface area contributed by atoms with E-state index in [4.69, 9.17) is 5.11 Å². The lowest BCUT2D eigenvalue weighted by molar-refractivity contribution is 0.0599. The number of ether oxygens (including phenoxy) is 1. The van der Waals surface area contributed by atoms with Gasteiger partial charge in [0.1, 0.15) is 0 Å². The van der Waals surface area contributed by atoms with Crippen molar-refractivity contribution in [1.82, 2.24) is 9.97 Å². The zero-order chi connectivity index (χ0) is 11.3. The van der Waals surface area contributed by atoms with Gasteiger partial charge in [-0.1, -0.05) is 0 Å². The van der Waals surface area contributed by atoms with Gasteiger partial charge in [0.2, 0.25) is 5.95 Å². The Hall–Kier alpha value is -1.69. The predicted molar refractivity (Wildman–Crippen MR) is 53.7 cm³/mol. The fraction of sp³-hybridized carbons (Fsp3) is 0.444. The third-order valence-electron chi connectivity index (χ3n) is 1.78. The summed E-state index contributed by atoms with van der Waals surface area (Å²) < 4.78 is 4.56. The van der Waals surface area contributed by atoms with Gasteiger partial charge in [-0.05, 0) is 6.92 Å². The smallest absolute Gasteiger partial charge is 0.341 e. The number of aryl methyl sites for hydroxylation is 1. The van der Waals surface area contributed by atoms with E-state index in [9.17, 15) is 4.79 Å². The van der Waals surface area contributed by atoms with E-state index in [1.807, 2.05) is 0 Å². The zero-order valence-corrected chi connectivity index (χ0v) is 8.65. The number of methoxy groups -OCH3 is 1. The number of carbonyl (C=O) groups is 1. The van der Waals surface area contributed by atoms with Crippen molar-refractivity contribution < 1.29 is 14.6 Å². The number of esters is 1. The molecule has 0 fully saturated rings. The van der Waals surface area contributed by atoms with Crippen LogP contribution in [0.4, 0.5) is 5.95 Å². The first-order valence-corrected chi connectivity index (χ1v) is 4.45. The average molecular weight is 211 g/mol. The fourth-order valence-electron chi connectivity index (χ4n) is 1.03. The third-order valence-corrected chi connectivity index (χ3v) is 1.78. The Balaban J connectivity index is 2.83. The average Bonchev–Trinajstić information content (AvgIpc) is 2.25. The first-order valence-electron chi connectivity index (χ1n) is 4.45. The number of rotatable bonds is 4. The van der Waals surface area contributed by atoms with Crippen molar-refractivity contribution in [2.24, 2.45) is 0 Å². The summed E-state index contributed by atoms with van der Waals surface area (Å²) in [5.74, 6) is -0.0737. The van der Waals surface area contributed by atoms with Crippen LogP contribution in [0, 0.1) is 6.92 Å². The quantitative estimate of drug-likeness (QED) is 0.681. The molecule has 2 N–H and O–H groups in total. The van der Waals surface area contributed by atoms with Gasteiger partial charge in [-0.2, -0.15) is 0 Å². The number of aliphatic hydroxyl groups excluding tert-OH is 1. The molecule has 82 valence electrons. The lowest BCUT2D eigenvalue weighted by atomic mass is 10.2. The summed E-state index contributed by atoms with van der Waals surface area (Å²) >= 11 is 0. The number of aromatic nitrogens is 2. The second-order valence-corrected chi connectivity index (χ2v) is 2.83. The van der Waals surface area contributed by atoms with Crippen LogP contribution in [0.5, 0.6) is 0 Å². The van der Waals surface area contributed by atoms with Crippen molar-refractivity contribution in [1.29, 1.82) is 0 Å². The highest BCUT2D eigenvalue weighted by Gasteiger charge is 2.11. The highest BCUT2D eigenvalue weighted by atomic mass is 16.5. The standard InChI is InChI=1S/C9H13N3O3/c1-6-7(8(14)15-2)5-11-9(12-6)10-3-4-13/h5,13H,3-4H2,1-2H3,(H,10,11,12). The molecule has 0 radical (unpaired) electrons. The largest absolute Gasteiger partial charge is 0.465 e. The van der Waals surface area contributed by atoms with Crippen molar-refractivity contribution in [3.05, 3.63) is 17.5 Å². The predicted octanol–water partition coefficient (Wildman–Crippen LogP) is -0.0242. The lowest BCUT2D eigenvalue weighted by Crippen LogP contribution is -2.12. The minimum absolute atomic E-state index is 0.00115. The second-order valence-electron chi connectivity index (χ2n) is 2.83. The van der Waals surface area contributed by atoms with Crippen LogP contribution < -0.4 is 5.32 Å². The number of aliphatic hydroxyl groups is 1. The van der Waals surface area contributed by atoms with Gasteiger partial charge in [-0.15, -0.1) is 0 Å². The minimum atomic E-state index is -0.457. The number of nitrogens with one attached hydrogen (secondary N) is 1. The Morgan fingerprint density at radius 1 is 1.67 bits per heavy atom. The molecule has 0 amide bonds. The summed E-state index contributed by atoms with van der Waals surface area (Å²) in [5, 5.41) is 11.4. The van der Waals surface area contributed by atoms with Crippen LogP contribution in [0.15, 0.2) is 6.20 Å². The van der Waals surface area contributed by atoms with Crippen molar-refractivity contribution in [2.45, 2.75) is 6.92 Å². The Labute approximate surface area is 87.3 Å². The highest BCUT2D eigenvalue weighted by Crippen LogP contribution is 2.07. The van der Waals surface area contributed by atoms with Crippen molar-refractivity contribution in [3.63, 3.8) is 0 Å². The Morgan fingerprint density at radius 3 is 2.93 bits per heavy atom. The van der Waals surface area contributed by atoms with E-state index in [1.54, 1.807) is 6.92 Å². The maximum Gasteiger partial charge on any atom is 0.341 e. The number of nitrogens with zero attached hydrogens (tertiary/aromatic N) is 2. The van der Waals surface area contributed by atoms with E-state index in [2.05, 4.69) is 20.0 Å². The Bertz CT molecular complexity index is 354. The molecule has 0 unspecified atom stereocenters. The third kappa shape index (κ3) is 2.88. The molecular formula is C9H13N3O3. The van der Waals surface area contributed by atoms with Crippen molar-refractivity contribution in [3.8, 4) is 0 Å². The number of anilines is 1. The molecule has 1 heterocycles. The van der Waals surface area contributed by atoms with Gasteiger partial charge in [-0.25, -0.2) is 14.8 Å². The first kappa shape index (κ1) is 11.4. The monoisotopic (exact) mass is 211 g/mol. The van der Waals surface area contributed by atoms with Crippen molar-refractivity contribution >= 4 is 11.9 Å². The molecule has 0 saturated carbocycles. The molecule has 0 spiro atoms. The van der Waals surface area contributed by atoms with Crippen LogP contribution in [0.1, 0.15) is 16.1 Å². The maximum atomic E-state index is 11.2. The Kier molecular flexibility index (Phi) is 3.99. The summed E-state index contributed by atoms with van der Waals surface area (Å²) in [4.78, 5) is 19.2. The van der Waals surface area contributed by atoms with E-state index >= 15 is 0 Å². The van der Waals surface area contributed by atoms with Gasteiger partial charge in [0.25, 0.3) is 0 Å². The summed E-state index contributed by atoms with van der Waals surface area (Å²) in [6.45, 7) is 2.07. The summed E-state index contributed by atoms with van der Waals surface area (Å²) in [7, 11) is 1.31. The van der Waals surface area contributed by atoms with Crippen LogP contribution >= 0.6 is 0 Å². The number of carbonyl (C=O) groups excluding carboxylic acids is 1. The van der Waals surface area contributed by atoms with E-state index in [-0.39, 0.29) is 6.61 Å². The van der Waals surface area contributed by atoms with E-state index in [1.165, 1.54) is 13.3 Å². The van der Waals surface area contributed by atoms with E-state index in [0.717, 1.165) is 0 Å². The second kappa shape index (κ2) is 5.26. The summed E-state index contributed by atoms with van der Waals surface area (Å²) in [5.41, 5.74) is 0.879. The van der Waals surface area contributed by atoms with Gasteiger partial charge in [0.15, 0.2) is 0 Å². The highest BCUT2D eigenvalue weighted by molar-refractivity contribution is 5.90. The van der Waals surface area contributed by atoms with Crippen LogP contribution in [0.3, 0.4) is 0 Å². The van der Waals surface area contributed by atoms with Crippen LogP contribution in [-0.2, 0) is 4.74 Å². The molecule has 0 saturated heterocycles. The van der Waals surface area contributed by atoms with Crippen LogP contribution in [0.2, 0.25) is 0 Å². The SMILES string of the molecule is COC(=O)c1cnc(NCCO)nc1C. The lowest BCUT2D eigenvalue weighted by Gasteiger charge is -2.06.